The van der Waals surface area contributed by atoms with E-state index in [0.717, 1.165) is 28.5 Å². The number of benzene rings is 2. The predicted octanol–water partition coefficient (Wildman–Crippen LogP) is 3.91. The molecule has 0 aliphatic rings. The van der Waals surface area contributed by atoms with Gasteiger partial charge in [0.05, 0.1) is 11.3 Å². The van der Waals surface area contributed by atoms with Crippen molar-refractivity contribution in [3.8, 4) is 29.0 Å². The highest BCUT2D eigenvalue weighted by Crippen LogP contribution is 2.33. The molecule has 1 heterocycles. The molecule has 0 bridgehead atoms. The number of nitriles is 2. The molecule has 9 heteroatoms. The van der Waals surface area contributed by atoms with Gasteiger partial charge in [0.2, 0.25) is 0 Å². The lowest BCUT2D eigenvalue weighted by molar-refractivity contribution is -0.137. The van der Waals surface area contributed by atoms with Crippen LogP contribution in [0.4, 0.5) is 24.7 Å². The summed E-state index contributed by atoms with van der Waals surface area (Å²) in [5.74, 6) is -0.350. The summed E-state index contributed by atoms with van der Waals surface area (Å²) >= 11 is 0. The zero-order valence-corrected chi connectivity index (χ0v) is 16.5. The van der Waals surface area contributed by atoms with Crippen LogP contribution in [-0.2, 0) is 6.18 Å². The Kier molecular flexibility index (Phi) is 5.46. The highest BCUT2D eigenvalue weighted by molar-refractivity contribution is 5.81. The highest BCUT2D eigenvalue weighted by atomic mass is 19.4. The number of nitrogens with zero attached hydrogens (tertiary/aromatic N) is 4. The molecule has 3 rings (SSSR count). The van der Waals surface area contributed by atoms with Crippen molar-refractivity contribution < 1.29 is 13.2 Å². The number of anilines is 2. The third-order valence-electron chi connectivity index (χ3n) is 4.74. The Hall–Kier alpha value is -4.24. The summed E-state index contributed by atoms with van der Waals surface area (Å²) in [5, 5.41) is 19.4. The number of hydrogen-bond acceptors (Lipinski definition) is 5. The van der Waals surface area contributed by atoms with E-state index in [-0.39, 0.29) is 28.2 Å². The topological polar surface area (TPSA) is 98.8 Å². The zero-order chi connectivity index (χ0) is 22.9. The van der Waals surface area contributed by atoms with Gasteiger partial charge in [-0.05, 0) is 35.9 Å². The SMILES string of the molecule is CN(C)c1ccc(-c2c(C#N)c(N)n(-c3cccc(C(F)(F)F)c3)c(=O)c2C#N)cc1. The van der Waals surface area contributed by atoms with Crippen molar-refractivity contribution in [3.63, 3.8) is 0 Å². The van der Waals surface area contributed by atoms with Gasteiger partial charge >= 0.3 is 6.18 Å². The van der Waals surface area contributed by atoms with Crippen LogP contribution in [0.15, 0.2) is 53.3 Å². The Balaban J connectivity index is 2.34. The van der Waals surface area contributed by atoms with Crippen LogP contribution in [0.1, 0.15) is 16.7 Å². The normalized spacial score (nSPS) is 10.9. The summed E-state index contributed by atoms with van der Waals surface area (Å²) in [6.45, 7) is 0. The number of rotatable bonds is 3. The van der Waals surface area contributed by atoms with Crippen LogP contribution in [0.3, 0.4) is 0 Å². The van der Waals surface area contributed by atoms with Crippen LogP contribution < -0.4 is 16.2 Å². The first-order valence-electron chi connectivity index (χ1n) is 8.94. The molecule has 2 aromatic carbocycles. The molecular formula is C22H16F3N5O. The average Bonchev–Trinajstić information content (AvgIpc) is 2.73. The van der Waals surface area contributed by atoms with Crippen molar-refractivity contribution in [2.24, 2.45) is 0 Å². The van der Waals surface area contributed by atoms with E-state index in [9.17, 15) is 28.5 Å². The van der Waals surface area contributed by atoms with Gasteiger partial charge in [-0.1, -0.05) is 18.2 Å². The monoisotopic (exact) mass is 423 g/mol. The molecule has 6 nitrogen and oxygen atoms in total. The van der Waals surface area contributed by atoms with Crippen molar-refractivity contribution in [1.29, 1.82) is 10.5 Å². The maximum atomic E-state index is 13.1. The third-order valence-corrected chi connectivity index (χ3v) is 4.74. The van der Waals surface area contributed by atoms with E-state index in [0.29, 0.717) is 5.56 Å². The zero-order valence-electron chi connectivity index (χ0n) is 16.5. The second-order valence-corrected chi connectivity index (χ2v) is 6.86. The fourth-order valence-electron chi connectivity index (χ4n) is 3.20. The highest BCUT2D eigenvalue weighted by Gasteiger charge is 2.31. The van der Waals surface area contributed by atoms with Gasteiger partial charge in [0.15, 0.2) is 0 Å². The number of halogens is 3. The number of nitrogens with two attached hydrogens (primary N) is 1. The summed E-state index contributed by atoms with van der Waals surface area (Å²) in [5.41, 5.74) is 4.72. The Morgan fingerprint density at radius 3 is 2.13 bits per heavy atom. The van der Waals surface area contributed by atoms with Crippen LogP contribution >= 0.6 is 0 Å². The summed E-state index contributed by atoms with van der Waals surface area (Å²) in [6, 6.07) is 14.4. The van der Waals surface area contributed by atoms with Crippen LogP contribution in [0, 0.1) is 22.7 Å². The standard InChI is InChI=1S/C22H16F3N5O/c1-29(2)15-8-6-13(7-9-15)19-17(11-26)20(28)30(21(31)18(19)12-27)16-5-3-4-14(10-16)22(23,24)25/h3-10H,28H2,1-2H3. The number of hydrogen-bond donors (Lipinski definition) is 1. The smallest absolute Gasteiger partial charge is 0.384 e. The molecule has 156 valence electrons. The van der Waals surface area contributed by atoms with E-state index in [1.165, 1.54) is 6.07 Å². The number of alkyl halides is 3. The summed E-state index contributed by atoms with van der Waals surface area (Å²) in [6.07, 6.45) is -4.64. The van der Waals surface area contributed by atoms with Crippen molar-refractivity contribution in [2.75, 3.05) is 24.7 Å². The fraction of sp³-hybridized carbons (Fsp3) is 0.136. The molecule has 0 aliphatic carbocycles. The molecule has 0 aliphatic heterocycles. The number of aromatic nitrogens is 1. The summed E-state index contributed by atoms with van der Waals surface area (Å²) < 4.78 is 40.1. The Morgan fingerprint density at radius 2 is 1.61 bits per heavy atom. The molecule has 0 saturated carbocycles. The minimum Gasteiger partial charge on any atom is -0.384 e. The predicted molar refractivity (Wildman–Crippen MR) is 111 cm³/mol. The molecule has 2 N–H and O–H groups in total. The van der Waals surface area contributed by atoms with Crippen LogP contribution in [0.2, 0.25) is 0 Å². The lowest BCUT2D eigenvalue weighted by atomic mass is 9.96. The van der Waals surface area contributed by atoms with Gasteiger partial charge in [0.25, 0.3) is 5.56 Å². The van der Waals surface area contributed by atoms with Gasteiger partial charge in [-0.15, -0.1) is 0 Å². The van der Waals surface area contributed by atoms with Crippen molar-refractivity contribution in [2.45, 2.75) is 6.18 Å². The molecule has 0 unspecified atom stereocenters. The van der Waals surface area contributed by atoms with Gasteiger partial charge in [-0.25, -0.2) is 0 Å². The van der Waals surface area contributed by atoms with Gasteiger partial charge < -0.3 is 10.6 Å². The lowest BCUT2D eigenvalue weighted by Crippen LogP contribution is -2.26. The molecule has 0 amide bonds. The first kappa shape index (κ1) is 21.5. The Morgan fingerprint density at radius 1 is 1.00 bits per heavy atom. The largest absolute Gasteiger partial charge is 0.416 e. The molecule has 0 spiro atoms. The van der Waals surface area contributed by atoms with E-state index < -0.39 is 17.3 Å². The quantitative estimate of drug-likeness (QED) is 0.689. The van der Waals surface area contributed by atoms with E-state index in [1.54, 1.807) is 30.3 Å². The molecule has 0 saturated heterocycles. The Bertz CT molecular complexity index is 1290. The van der Waals surface area contributed by atoms with Gasteiger partial charge in [-0.3, -0.25) is 9.36 Å². The summed E-state index contributed by atoms with van der Waals surface area (Å²) in [7, 11) is 3.68. The van der Waals surface area contributed by atoms with Crippen LogP contribution in [0.5, 0.6) is 0 Å². The third kappa shape index (κ3) is 3.81. The lowest BCUT2D eigenvalue weighted by Gasteiger charge is -2.18. The van der Waals surface area contributed by atoms with Crippen molar-refractivity contribution >= 4 is 11.5 Å². The number of nitrogen functional groups attached to an aromatic ring is 1. The van der Waals surface area contributed by atoms with Crippen molar-refractivity contribution in [1.82, 2.24) is 4.57 Å². The fourth-order valence-corrected chi connectivity index (χ4v) is 3.20. The minimum absolute atomic E-state index is 0.0426. The van der Waals surface area contributed by atoms with E-state index in [2.05, 4.69) is 0 Å². The second kappa shape index (κ2) is 7.88. The van der Waals surface area contributed by atoms with Crippen LogP contribution in [-0.4, -0.2) is 18.7 Å². The maximum Gasteiger partial charge on any atom is 0.416 e. The van der Waals surface area contributed by atoms with Gasteiger partial charge in [-0.2, -0.15) is 23.7 Å². The van der Waals surface area contributed by atoms with Gasteiger partial charge in [0.1, 0.15) is 29.1 Å². The molecule has 0 radical (unpaired) electrons. The molecule has 31 heavy (non-hydrogen) atoms. The maximum absolute atomic E-state index is 13.1. The minimum atomic E-state index is -4.64. The van der Waals surface area contributed by atoms with Crippen LogP contribution in [0.25, 0.3) is 16.8 Å². The molecule has 1 aromatic heterocycles. The van der Waals surface area contributed by atoms with E-state index >= 15 is 0 Å². The van der Waals surface area contributed by atoms with Crippen molar-refractivity contribution in [3.05, 3.63) is 75.6 Å². The molecule has 0 atom stereocenters. The van der Waals surface area contributed by atoms with E-state index in [1.807, 2.05) is 25.1 Å². The number of pyridine rings is 1. The molecule has 0 fully saturated rings. The molecular weight excluding hydrogens is 407 g/mol. The average molecular weight is 423 g/mol. The molecule has 3 aromatic rings. The first-order valence-corrected chi connectivity index (χ1v) is 8.94. The second-order valence-electron chi connectivity index (χ2n) is 6.86. The first-order chi connectivity index (χ1) is 14.6. The summed E-state index contributed by atoms with van der Waals surface area (Å²) in [4.78, 5) is 14.9. The van der Waals surface area contributed by atoms with Gasteiger partial charge in [0, 0.05) is 25.3 Å². The van der Waals surface area contributed by atoms with E-state index in [4.69, 9.17) is 5.73 Å². The Labute approximate surface area is 175 Å².